The predicted octanol–water partition coefficient (Wildman–Crippen LogP) is 2.94. The minimum absolute atomic E-state index is 0.0167. The number of hydrogen-bond acceptors (Lipinski definition) is 4. The van der Waals surface area contributed by atoms with Crippen molar-refractivity contribution >= 4 is 17.8 Å². The summed E-state index contributed by atoms with van der Waals surface area (Å²) in [5.41, 5.74) is 1.08. The molecule has 162 valence electrons. The standard InChI is InChI=1S/C25H28N2O4/c1-25(2,18-12-8-5-9-13-18)24(30)26-15-19-14-20(23(29)31-3)22(27(19)21(28)16-26)17-10-6-4-7-11-17/h4-13,19-20,22H,14-16H2,1-3H3/t19-,20-,22-/m0/s1. The molecule has 2 aromatic carbocycles. The summed E-state index contributed by atoms with van der Waals surface area (Å²) in [5.74, 6) is -0.977. The molecule has 0 aromatic heterocycles. The van der Waals surface area contributed by atoms with Gasteiger partial charge in [-0.25, -0.2) is 0 Å². The van der Waals surface area contributed by atoms with Gasteiger partial charge in [0.1, 0.15) is 0 Å². The van der Waals surface area contributed by atoms with Crippen molar-refractivity contribution in [1.29, 1.82) is 0 Å². The lowest BCUT2D eigenvalue weighted by molar-refractivity contribution is -0.152. The number of carbonyl (C=O) groups is 3. The molecule has 2 saturated heterocycles. The Bertz CT molecular complexity index is 974. The molecule has 2 amide bonds. The normalized spacial score (nSPS) is 23.5. The van der Waals surface area contributed by atoms with Gasteiger partial charge in [0.25, 0.3) is 0 Å². The van der Waals surface area contributed by atoms with Crippen LogP contribution in [-0.2, 0) is 24.5 Å². The maximum atomic E-state index is 13.4. The monoisotopic (exact) mass is 420 g/mol. The van der Waals surface area contributed by atoms with E-state index >= 15 is 0 Å². The molecule has 3 atom stereocenters. The summed E-state index contributed by atoms with van der Waals surface area (Å²) >= 11 is 0. The molecule has 2 fully saturated rings. The van der Waals surface area contributed by atoms with Gasteiger partial charge in [0.05, 0.1) is 37.1 Å². The maximum Gasteiger partial charge on any atom is 0.311 e. The van der Waals surface area contributed by atoms with Gasteiger partial charge >= 0.3 is 5.97 Å². The lowest BCUT2D eigenvalue weighted by Crippen LogP contribution is -2.58. The highest BCUT2D eigenvalue weighted by atomic mass is 16.5. The van der Waals surface area contributed by atoms with E-state index < -0.39 is 11.3 Å². The summed E-state index contributed by atoms with van der Waals surface area (Å²) in [7, 11) is 1.38. The summed E-state index contributed by atoms with van der Waals surface area (Å²) in [6.45, 7) is 4.21. The smallest absolute Gasteiger partial charge is 0.311 e. The van der Waals surface area contributed by atoms with Gasteiger partial charge in [0.15, 0.2) is 0 Å². The van der Waals surface area contributed by atoms with Crippen LogP contribution in [-0.4, -0.2) is 53.8 Å². The Balaban J connectivity index is 1.62. The molecule has 31 heavy (non-hydrogen) atoms. The van der Waals surface area contributed by atoms with E-state index in [1.165, 1.54) is 7.11 Å². The van der Waals surface area contributed by atoms with Crippen LogP contribution in [0.15, 0.2) is 60.7 Å². The lowest BCUT2D eigenvalue weighted by atomic mass is 9.83. The number of esters is 1. The third-order valence-electron chi connectivity index (χ3n) is 6.61. The quantitative estimate of drug-likeness (QED) is 0.714. The number of fused-ring (bicyclic) bond motifs is 1. The minimum atomic E-state index is -0.747. The van der Waals surface area contributed by atoms with Gasteiger partial charge in [0, 0.05) is 6.54 Å². The van der Waals surface area contributed by atoms with Crippen molar-refractivity contribution in [2.24, 2.45) is 5.92 Å². The number of ether oxygens (including phenoxy) is 1. The average molecular weight is 421 g/mol. The molecule has 0 bridgehead atoms. The Morgan fingerprint density at radius 1 is 1.00 bits per heavy atom. The molecule has 4 rings (SSSR count). The molecule has 0 radical (unpaired) electrons. The average Bonchev–Trinajstić information content (AvgIpc) is 3.19. The zero-order valence-electron chi connectivity index (χ0n) is 18.2. The molecule has 0 aliphatic carbocycles. The highest BCUT2D eigenvalue weighted by Crippen LogP contribution is 2.44. The van der Waals surface area contributed by atoms with Gasteiger partial charge in [-0.3, -0.25) is 14.4 Å². The predicted molar refractivity (Wildman–Crippen MR) is 116 cm³/mol. The summed E-state index contributed by atoms with van der Waals surface area (Å²) in [6.07, 6.45) is 0.480. The third kappa shape index (κ3) is 3.71. The van der Waals surface area contributed by atoms with Crippen molar-refractivity contribution in [3.63, 3.8) is 0 Å². The number of amides is 2. The topological polar surface area (TPSA) is 66.9 Å². The minimum Gasteiger partial charge on any atom is -0.469 e. The van der Waals surface area contributed by atoms with Crippen LogP contribution >= 0.6 is 0 Å². The molecule has 0 N–H and O–H groups in total. The number of benzene rings is 2. The number of nitrogens with zero attached hydrogens (tertiary/aromatic N) is 2. The van der Waals surface area contributed by atoms with Crippen molar-refractivity contribution < 1.29 is 19.1 Å². The molecule has 0 spiro atoms. The summed E-state index contributed by atoms with van der Waals surface area (Å²) in [5, 5.41) is 0. The van der Waals surface area contributed by atoms with E-state index in [9.17, 15) is 14.4 Å². The molecular formula is C25H28N2O4. The van der Waals surface area contributed by atoms with Crippen LogP contribution in [0, 0.1) is 5.92 Å². The fraction of sp³-hybridized carbons (Fsp3) is 0.400. The van der Waals surface area contributed by atoms with E-state index in [1.54, 1.807) is 9.80 Å². The molecule has 0 unspecified atom stereocenters. The van der Waals surface area contributed by atoms with E-state index in [-0.39, 0.29) is 36.4 Å². The highest BCUT2D eigenvalue weighted by Gasteiger charge is 2.52. The van der Waals surface area contributed by atoms with Crippen molar-refractivity contribution in [3.8, 4) is 0 Å². The van der Waals surface area contributed by atoms with Gasteiger partial charge < -0.3 is 14.5 Å². The maximum absolute atomic E-state index is 13.4. The zero-order valence-corrected chi connectivity index (χ0v) is 18.2. The molecule has 2 aliphatic heterocycles. The number of carbonyl (C=O) groups excluding carboxylic acids is 3. The van der Waals surface area contributed by atoms with E-state index in [2.05, 4.69) is 0 Å². The summed E-state index contributed by atoms with van der Waals surface area (Å²) in [4.78, 5) is 42.7. The molecular weight excluding hydrogens is 392 g/mol. The summed E-state index contributed by atoms with van der Waals surface area (Å²) in [6, 6.07) is 18.6. The Labute approximate surface area is 182 Å². The van der Waals surface area contributed by atoms with Gasteiger partial charge in [-0.05, 0) is 31.4 Å². The number of hydrogen-bond donors (Lipinski definition) is 0. The van der Waals surface area contributed by atoms with E-state index in [0.29, 0.717) is 13.0 Å². The lowest BCUT2D eigenvalue weighted by Gasteiger charge is -2.42. The van der Waals surface area contributed by atoms with Crippen molar-refractivity contribution in [1.82, 2.24) is 9.80 Å². The van der Waals surface area contributed by atoms with E-state index in [1.807, 2.05) is 74.5 Å². The van der Waals surface area contributed by atoms with Gasteiger partial charge in [-0.2, -0.15) is 0 Å². The number of piperazine rings is 1. The van der Waals surface area contributed by atoms with Crippen molar-refractivity contribution in [2.45, 2.75) is 37.8 Å². The molecule has 6 nitrogen and oxygen atoms in total. The first kappa shape index (κ1) is 21.1. The molecule has 2 aliphatic rings. The van der Waals surface area contributed by atoms with Gasteiger partial charge in [-0.15, -0.1) is 0 Å². The van der Waals surface area contributed by atoms with Crippen molar-refractivity contribution in [3.05, 3.63) is 71.8 Å². The Morgan fingerprint density at radius 3 is 2.23 bits per heavy atom. The van der Waals surface area contributed by atoms with Crippen LogP contribution in [0.5, 0.6) is 0 Å². The molecule has 0 saturated carbocycles. The highest BCUT2D eigenvalue weighted by molar-refractivity contribution is 5.92. The second kappa shape index (κ2) is 8.17. The Hall–Kier alpha value is -3.15. The van der Waals surface area contributed by atoms with E-state index in [0.717, 1.165) is 11.1 Å². The second-order valence-electron chi connectivity index (χ2n) is 8.85. The fourth-order valence-corrected chi connectivity index (χ4v) is 4.99. The first-order valence-electron chi connectivity index (χ1n) is 10.6. The van der Waals surface area contributed by atoms with Crippen LogP contribution < -0.4 is 0 Å². The van der Waals surface area contributed by atoms with Crippen LogP contribution in [0.25, 0.3) is 0 Å². The van der Waals surface area contributed by atoms with Crippen LogP contribution in [0.1, 0.15) is 37.4 Å². The largest absolute Gasteiger partial charge is 0.469 e. The number of methoxy groups -OCH3 is 1. The van der Waals surface area contributed by atoms with E-state index in [4.69, 9.17) is 4.74 Å². The Morgan fingerprint density at radius 2 is 1.61 bits per heavy atom. The first-order chi connectivity index (χ1) is 14.8. The molecule has 6 heteroatoms. The third-order valence-corrected chi connectivity index (χ3v) is 6.61. The fourth-order valence-electron chi connectivity index (χ4n) is 4.99. The zero-order chi connectivity index (χ0) is 22.2. The molecule has 2 heterocycles. The Kier molecular flexibility index (Phi) is 5.56. The van der Waals surface area contributed by atoms with Gasteiger partial charge in [0.2, 0.25) is 11.8 Å². The van der Waals surface area contributed by atoms with Gasteiger partial charge in [-0.1, -0.05) is 60.7 Å². The summed E-state index contributed by atoms with van der Waals surface area (Å²) < 4.78 is 5.06. The SMILES string of the molecule is COC(=O)[C@H]1C[C@H]2CN(C(=O)C(C)(C)c3ccccc3)CC(=O)N2[C@H]1c1ccccc1. The van der Waals surface area contributed by atoms with Crippen LogP contribution in [0.2, 0.25) is 0 Å². The first-order valence-corrected chi connectivity index (χ1v) is 10.6. The second-order valence-corrected chi connectivity index (χ2v) is 8.85. The molecule has 2 aromatic rings. The van der Waals surface area contributed by atoms with Crippen molar-refractivity contribution in [2.75, 3.05) is 20.2 Å². The van der Waals surface area contributed by atoms with Crippen LogP contribution in [0.3, 0.4) is 0 Å². The number of rotatable bonds is 4. The van der Waals surface area contributed by atoms with Crippen LogP contribution in [0.4, 0.5) is 0 Å².